The van der Waals surface area contributed by atoms with E-state index >= 15 is 0 Å². The molecule has 2 aliphatic rings. The summed E-state index contributed by atoms with van der Waals surface area (Å²) in [4.78, 5) is 25.0. The molecule has 0 radical (unpaired) electrons. The Labute approximate surface area is 160 Å². The molecule has 0 spiro atoms. The number of benzene rings is 1. The molecule has 0 bridgehead atoms. The van der Waals surface area contributed by atoms with E-state index in [1.807, 2.05) is 19.9 Å². The van der Waals surface area contributed by atoms with E-state index in [4.69, 9.17) is 11.6 Å². The van der Waals surface area contributed by atoms with Gasteiger partial charge in [0.1, 0.15) is 0 Å². The molecular formula is C19H19BrClNO3. The maximum absolute atomic E-state index is 12.9. The normalized spacial score (nSPS) is 22.6. The second-order valence-corrected chi connectivity index (χ2v) is 8.21. The van der Waals surface area contributed by atoms with Gasteiger partial charge < -0.3 is 10.4 Å². The first kappa shape index (κ1) is 18.2. The molecule has 1 atom stereocenters. The van der Waals surface area contributed by atoms with Crippen molar-refractivity contribution in [2.75, 3.05) is 5.33 Å². The largest absolute Gasteiger partial charge is 0.478 e. The molecule has 0 saturated carbocycles. The summed E-state index contributed by atoms with van der Waals surface area (Å²) in [7, 11) is 0. The van der Waals surface area contributed by atoms with Gasteiger partial charge in [-0.1, -0.05) is 59.6 Å². The Morgan fingerprint density at radius 1 is 1.36 bits per heavy atom. The number of dihydropyridines is 1. The van der Waals surface area contributed by atoms with Crippen molar-refractivity contribution in [3.63, 3.8) is 0 Å². The Morgan fingerprint density at radius 3 is 2.64 bits per heavy atom. The van der Waals surface area contributed by atoms with Crippen molar-refractivity contribution in [1.82, 2.24) is 5.32 Å². The number of ketones is 1. The van der Waals surface area contributed by atoms with Gasteiger partial charge in [0.2, 0.25) is 0 Å². The number of hydrogen-bond acceptors (Lipinski definition) is 3. The number of carboxylic acid groups (broad SMARTS) is 1. The highest BCUT2D eigenvalue weighted by Gasteiger charge is 2.43. The number of allylic oxidation sites excluding steroid dienone is 3. The van der Waals surface area contributed by atoms with E-state index < -0.39 is 11.9 Å². The highest BCUT2D eigenvalue weighted by atomic mass is 79.9. The number of Topliss-reactive ketones (excluding diaryl/α,β-unsaturated/α-hetero) is 1. The number of nitrogens with one attached hydrogen (secondary N) is 1. The number of hydrogen-bond donors (Lipinski definition) is 2. The molecule has 4 nitrogen and oxygen atoms in total. The monoisotopic (exact) mass is 423 g/mol. The molecule has 1 unspecified atom stereocenters. The summed E-state index contributed by atoms with van der Waals surface area (Å²) >= 11 is 9.75. The fourth-order valence-corrected chi connectivity index (χ4v) is 4.41. The van der Waals surface area contributed by atoms with Crippen LogP contribution in [0.15, 0.2) is 46.8 Å². The van der Waals surface area contributed by atoms with Gasteiger partial charge in [0, 0.05) is 39.7 Å². The van der Waals surface area contributed by atoms with Gasteiger partial charge in [-0.25, -0.2) is 4.79 Å². The fourth-order valence-electron chi connectivity index (χ4n) is 3.73. The summed E-state index contributed by atoms with van der Waals surface area (Å²) in [6.07, 6.45) is 1.09. The highest BCUT2D eigenvalue weighted by Crippen LogP contribution is 2.47. The third-order valence-corrected chi connectivity index (χ3v) is 5.61. The summed E-state index contributed by atoms with van der Waals surface area (Å²) in [5.74, 6) is -1.72. The molecule has 0 amide bonds. The predicted octanol–water partition coefficient (Wildman–Crippen LogP) is 4.40. The SMILES string of the molecule is CC1(C)CC(=O)C2=C(C1)NC(CBr)=C(C(=O)O)C2c1ccccc1Cl. The van der Waals surface area contributed by atoms with Crippen molar-refractivity contribution in [2.45, 2.75) is 32.6 Å². The minimum atomic E-state index is -1.05. The van der Waals surface area contributed by atoms with E-state index in [1.165, 1.54) is 0 Å². The third-order valence-electron chi connectivity index (χ3n) is 4.70. The highest BCUT2D eigenvalue weighted by molar-refractivity contribution is 9.09. The number of carboxylic acids is 1. The second-order valence-electron chi connectivity index (χ2n) is 7.24. The molecule has 2 N–H and O–H groups in total. The van der Waals surface area contributed by atoms with E-state index in [0.29, 0.717) is 40.0 Å². The van der Waals surface area contributed by atoms with Crippen molar-refractivity contribution in [3.8, 4) is 0 Å². The molecule has 0 saturated heterocycles. The molecule has 1 aliphatic carbocycles. The van der Waals surface area contributed by atoms with Gasteiger partial charge in [0.15, 0.2) is 5.78 Å². The fraction of sp³-hybridized carbons (Fsp3) is 0.368. The van der Waals surface area contributed by atoms with E-state index in [2.05, 4.69) is 21.2 Å². The van der Waals surface area contributed by atoms with Crippen LogP contribution in [0.2, 0.25) is 5.02 Å². The summed E-state index contributed by atoms with van der Waals surface area (Å²) < 4.78 is 0. The number of aliphatic carboxylic acids is 1. The standard InChI is InChI=1S/C19H19BrClNO3/c1-19(2)7-12-16(14(23)8-19)15(10-5-3-4-6-11(10)21)17(18(24)25)13(9-20)22-12/h3-6,15,22H,7-9H2,1-2H3,(H,24,25). The molecule has 6 heteroatoms. The Balaban J connectivity index is 2.26. The molecule has 1 aliphatic heterocycles. The minimum Gasteiger partial charge on any atom is -0.478 e. The zero-order chi connectivity index (χ0) is 18.4. The Morgan fingerprint density at radius 2 is 2.04 bits per heavy atom. The minimum absolute atomic E-state index is 0.0176. The van der Waals surface area contributed by atoms with E-state index in [-0.39, 0.29) is 16.8 Å². The van der Waals surface area contributed by atoms with Crippen molar-refractivity contribution in [1.29, 1.82) is 0 Å². The molecule has 1 aromatic carbocycles. The van der Waals surface area contributed by atoms with Gasteiger partial charge in [-0.3, -0.25) is 4.79 Å². The van der Waals surface area contributed by atoms with Gasteiger partial charge in [-0.2, -0.15) is 0 Å². The average molecular weight is 425 g/mol. The lowest BCUT2D eigenvalue weighted by atomic mass is 9.68. The summed E-state index contributed by atoms with van der Waals surface area (Å²) in [6.45, 7) is 4.09. The number of alkyl halides is 1. The molecule has 0 aromatic heterocycles. The van der Waals surface area contributed by atoms with Gasteiger partial charge in [-0.15, -0.1) is 0 Å². The van der Waals surface area contributed by atoms with Crippen LogP contribution in [0.1, 0.15) is 38.2 Å². The Hall–Kier alpha value is -1.59. The topological polar surface area (TPSA) is 66.4 Å². The molecule has 25 heavy (non-hydrogen) atoms. The third kappa shape index (κ3) is 3.27. The smallest absolute Gasteiger partial charge is 0.334 e. The van der Waals surface area contributed by atoms with Crippen LogP contribution in [0.4, 0.5) is 0 Å². The Kier molecular flexibility index (Phi) is 4.82. The molecule has 132 valence electrons. The van der Waals surface area contributed by atoms with E-state index in [1.54, 1.807) is 18.2 Å². The van der Waals surface area contributed by atoms with Crippen molar-refractivity contribution in [2.24, 2.45) is 5.41 Å². The summed E-state index contributed by atoms with van der Waals surface area (Å²) in [5, 5.41) is 13.9. The molecule has 0 fully saturated rings. The first-order valence-corrected chi connectivity index (χ1v) is 9.55. The van der Waals surface area contributed by atoms with E-state index in [0.717, 1.165) is 5.70 Å². The van der Waals surface area contributed by atoms with Gasteiger partial charge >= 0.3 is 5.97 Å². The van der Waals surface area contributed by atoms with Crippen LogP contribution in [-0.4, -0.2) is 22.2 Å². The lowest BCUT2D eigenvalue weighted by Gasteiger charge is -2.39. The van der Waals surface area contributed by atoms with Gasteiger partial charge in [-0.05, 0) is 23.5 Å². The van der Waals surface area contributed by atoms with Gasteiger partial charge in [0.25, 0.3) is 0 Å². The van der Waals surface area contributed by atoms with Crippen LogP contribution in [0, 0.1) is 5.41 Å². The number of carbonyl (C=O) groups excluding carboxylic acids is 1. The number of rotatable bonds is 3. The second kappa shape index (κ2) is 6.61. The lowest BCUT2D eigenvalue weighted by Crippen LogP contribution is -2.39. The predicted molar refractivity (Wildman–Crippen MR) is 101 cm³/mol. The van der Waals surface area contributed by atoms with Crippen molar-refractivity contribution >= 4 is 39.3 Å². The first-order valence-electron chi connectivity index (χ1n) is 8.05. The molecule has 1 aromatic rings. The van der Waals surface area contributed by atoms with Gasteiger partial charge in [0.05, 0.1) is 5.57 Å². The van der Waals surface area contributed by atoms with Crippen LogP contribution in [0.3, 0.4) is 0 Å². The zero-order valence-corrected chi connectivity index (χ0v) is 16.4. The maximum atomic E-state index is 12.9. The van der Waals surface area contributed by atoms with E-state index in [9.17, 15) is 14.7 Å². The first-order chi connectivity index (χ1) is 11.7. The van der Waals surface area contributed by atoms with Crippen LogP contribution in [0.5, 0.6) is 0 Å². The average Bonchev–Trinajstić information content (AvgIpc) is 2.52. The quantitative estimate of drug-likeness (QED) is 0.706. The maximum Gasteiger partial charge on any atom is 0.334 e. The van der Waals surface area contributed by atoms with Crippen LogP contribution < -0.4 is 5.32 Å². The van der Waals surface area contributed by atoms with Crippen molar-refractivity contribution in [3.05, 3.63) is 57.4 Å². The van der Waals surface area contributed by atoms with Crippen LogP contribution in [0.25, 0.3) is 0 Å². The van der Waals surface area contributed by atoms with Crippen LogP contribution in [-0.2, 0) is 9.59 Å². The number of carbonyl (C=O) groups is 2. The summed E-state index contributed by atoms with van der Waals surface area (Å²) in [6, 6.07) is 7.13. The molecule has 3 rings (SSSR count). The summed E-state index contributed by atoms with van der Waals surface area (Å²) in [5.41, 5.74) is 2.59. The number of halogens is 2. The van der Waals surface area contributed by atoms with Crippen molar-refractivity contribution < 1.29 is 14.7 Å². The molecule has 1 heterocycles. The molecular weight excluding hydrogens is 406 g/mol. The van der Waals surface area contributed by atoms with Crippen LogP contribution >= 0.6 is 27.5 Å². The lowest BCUT2D eigenvalue weighted by molar-refractivity contribution is -0.133. The zero-order valence-electron chi connectivity index (χ0n) is 14.0. The Bertz CT molecular complexity index is 826.